The number of carbonyl (C=O) groups excluding carboxylic acids is 1. The van der Waals surface area contributed by atoms with Gasteiger partial charge in [-0.05, 0) is 49.4 Å². The fourth-order valence-electron chi connectivity index (χ4n) is 2.97. The van der Waals surface area contributed by atoms with E-state index in [2.05, 4.69) is 31.4 Å². The molecular formula is C22H18BrClFN5O2. The van der Waals surface area contributed by atoms with Gasteiger partial charge in [-0.2, -0.15) is 10.2 Å². The molecule has 0 radical (unpaired) electrons. The van der Waals surface area contributed by atoms with Crippen LogP contribution < -0.4 is 10.1 Å². The van der Waals surface area contributed by atoms with Crippen LogP contribution in [0.25, 0.3) is 0 Å². The molecule has 0 saturated heterocycles. The van der Waals surface area contributed by atoms with E-state index in [0.29, 0.717) is 22.2 Å². The Morgan fingerprint density at radius 2 is 1.97 bits per heavy atom. The van der Waals surface area contributed by atoms with Crippen molar-refractivity contribution < 1.29 is 13.9 Å². The average Bonchev–Trinajstić information content (AvgIpc) is 3.37. The number of hydrogen-bond acceptors (Lipinski definition) is 4. The summed E-state index contributed by atoms with van der Waals surface area (Å²) in [6.07, 6.45) is 1.65. The molecule has 0 bridgehead atoms. The van der Waals surface area contributed by atoms with Crippen LogP contribution in [-0.2, 0) is 13.3 Å². The molecule has 1 N–H and O–H groups in total. The third kappa shape index (κ3) is 5.17. The van der Waals surface area contributed by atoms with E-state index in [1.165, 1.54) is 10.7 Å². The van der Waals surface area contributed by atoms with E-state index < -0.39 is 11.7 Å². The quantitative estimate of drug-likeness (QED) is 0.361. The van der Waals surface area contributed by atoms with Crippen molar-refractivity contribution in [2.75, 3.05) is 5.32 Å². The second-order valence-corrected chi connectivity index (χ2v) is 8.27. The van der Waals surface area contributed by atoms with Crippen molar-refractivity contribution in [2.24, 2.45) is 0 Å². The Labute approximate surface area is 196 Å². The molecule has 7 nitrogen and oxygen atoms in total. The molecule has 0 aliphatic rings. The van der Waals surface area contributed by atoms with Gasteiger partial charge in [0.05, 0.1) is 6.54 Å². The van der Waals surface area contributed by atoms with Crippen LogP contribution in [0.2, 0.25) is 5.02 Å². The number of benzene rings is 2. The summed E-state index contributed by atoms with van der Waals surface area (Å²) in [5.74, 6) is 0.196. The number of aromatic nitrogens is 4. The Balaban J connectivity index is 1.39. The predicted molar refractivity (Wildman–Crippen MR) is 122 cm³/mol. The number of nitrogens with zero attached hydrogens (tertiary/aromatic N) is 4. The van der Waals surface area contributed by atoms with E-state index in [0.717, 1.165) is 10.2 Å². The molecule has 164 valence electrons. The summed E-state index contributed by atoms with van der Waals surface area (Å²) in [6.45, 7) is 2.12. The van der Waals surface area contributed by atoms with E-state index in [9.17, 15) is 9.18 Å². The molecule has 1 amide bonds. The van der Waals surface area contributed by atoms with Crippen molar-refractivity contribution in [2.45, 2.75) is 20.2 Å². The zero-order valence-electron chi connectivity index (χ0n) is 16.9. The SMILES string of the molecule is Cc1cc(NC(=O)c2ccn(COc3ccc(Br)cc3)n2)nn1Cc1c(F)cccc1Cl. The number of carbonyl (C=O) groups is 1. The third-order valence-corrected chi connectivity index (χ3v) is 5.53. The molecule has 2 aromatic carbocycles. The molecule has 2 heterocycles. The Morgan fingerprint density at radius 1 is 1.19 bits per heavy atom. The summed E-state index contributed by atoms with van der Waals surface area (Å²) >= 11 is 9.47. The summed E-state index contributed by atoms with van der Waals surface area (Å²) in [5, 5.41) is 11.6. The van der Waals surface area contributed by atoms with Gasteiger partial charge in [-0.1, -0.05) is 33.6 Å². The second kappa shape index (κ2) is 9.54. The molecular weight excluding hydrogens is 501 g/mol. The summed E-state index contributed by atoms with van der Waals surface area (Å²) in [4.78, 5) is 12.6. The van der Waals surface area contributed by atoms with E-state index in [-0.39, 0.29) is 19.0 Å². The fourth-order valence-corrected chi connectivity index (χ4v) is 3.46. The van der Waals surface area contributed by atoms with Crippen molar-refractivity contribution in [3.05, 3.63) is 93.1 Å². The highest BCUT2D eigenvalue weighted by atomic mass is 79.9. The highest BCUT2D eigenvalue weighted by molar-refractivity contribution is 9.10. The van der Waals surface area contributed by atoms with Gasteiger partial charge in [0.15, 0.2) is 18.2 Å². The molecule has 0 unspecified atom stereocenters. The monoisotopic (exact) mass is 517 g/mol. The van der Waals surface area contributed by atoms with Crippen LogP contribution in [0, 0.1) is 12.7 Å². The van der Waals surface area contributed by atoms with Gasteiger partial charge < -0.3 is 10.1 Å². The van der Waals surface area contributed by atoms with Crippen molar-refractivity contribution in [1.82, 2.24) is 19.6 Å². The van der Waals surface area contributed by atoms with Gasteiger partial charge in [-0.25, -0.2) is 9.07 Å². The lowest BCUT2D eigenvalue weighted by Gasteiger charge is -2.07. The van der Waals surface area contributed by atoms with Gasteiger partial charge in [0.1, 0.15) is 11.6 Å². The summed E-state index contributed by atoms with van der Waals surface area (Å²) in [5.41, 5.74) is 1.30. The smallest absolute Gasteiger partial charge is 0.277 e. The summed E-state index contributed by atoms with van der Waals surface area (Å²) in [6, 6.07) is 15.2. The number of hydrogen-bond donors (Lipinski definition) is 1. The van der Waals surface area contributed by atoms with E-state index in [1.807, 2.05) is 31.2 Å². The minimum atomic E-state index is -0.416. The van der Waals surface area contributed by atoms with Gasteiger partial charge in [-0.3, -0.25) is 9.48 Å². The number of rotatable bonds is 7. The van der Waals surface area contributed by atoms with Crippen LogP contribution >= 0.6 is 27.5 Å². The topological polar surface area (TPSA) is 74.0 Å². The molecule has 0 aliphatic heterocycles. The van der Waals surface area contributed by atoms with Crippen LogP contribution in [0.3, 0.4) is 0 Å². The summed E-state index contributed by atoms with van der Waals surface area (Å²) < 4.78 is 23.8. The second-order valence-electron chi connectivity index (χ2n) is 6.95. The van der Waals surface area contributed by atoms with E-state index in [4.69, 9.17) is 16.3 Å². The van der Waals surface area contributed by atoms with E-state index >= 15 is 0 Å². The first-order chi connectivity index (χ1) is 15.4. The highest BCUT2D eigenvalue weighted by Gasteiger charge is 2.15. The Kier molecular flexibility index (Phi) is 6.57. The molecule has 4 aromatic rings. The maximum absolute atomic E-state index is 14.1. The van der Waals surface area contributed by atoms with Gasteiger partial charge in [0.25, 0.3) is 5.91 Å². The van der Waals surface area contributed by atoms with Crippen molar-refractivity contribution >= 4 is 39.3 Å². The maximum atomic E-state index is 14.1. The summed E-state index contributed by atoms with van der Waals surface area (Å²) in [7, 11) is 0. The number of ether oxygens (including phenoxy) is 1. The van der Waals surface area contributed by atoms with Gasteiger partial charge in [0, 0.05) is 33.0 Å². The van der Waals surface area contributed by atoms with Gasteiger partial charge >= 0.3 is 0 Å². The molecule has 2 aromatic heterocycles. The molecule has 10 heteroatoms. The Bertz CT molecular complexity index is 1240. The minimum absolute atomic E-state index is 0.148. The van der Waals surface area contributed by atoms with Crippen molar-refractivity contribution in [3.63, 3.8) is 0 Å². The van der Waals surface area contributed by atoms with Crippen LogP contribution in [0.1, 0.15) is 21.7 Å². The standard InChI is InChI=1S/C22H18BrClFN5O2/c1-14-11-21(28-30(14)12-17-18(24)3-2-4-19(17)25)26-22(31)20-9-10-29(27-20)13-32-16-7-5-15(23)6-8-16/h2-11H,12-13H2,1H3,(H,26,28,31). The number of nitrogens with one attached hydrogen (secondary N) is 1. The van der Waals surface area contributed by atoms with Crippen molar-refractivity contribution in [1.29, 1.82) is 0 Å². The average molecular weight is 519 g/mol. The first-order valence-electron chi connectivity index (χ1n) is 9.59. The zero-order valence-corrected chi connectivity index (χ0v) is 19.3. The molecule has 0 fully saturated rings. The van der Waals surface area contributed by atoms with Crippen LogP contribution in [0.4, 0.5) is 10.2 Å². The third-order valence-electron chi connectivity index (χ3n) is 4.64. The zero-order chi connectivity index (χ0) is 22.7. The first-order valence-corrected chi connectivity index (χ1v) is 10.8. The van der Waals surface area contributed by atoms with Crippen LogP contribution in [0.15, 0.2) is 65.3 Å². The first kappa shape index (κ1) is 22.0. The molecule has 0 saturated carbocycles. The number of anilines is 1. The highest BCUT2D eigenvalue weighted by Crippen LogP contribution is 2.21. The van der Waals surface area contributed by atoms with Gasteiger partial charge in [-0.15, -0.1) is 0 Å². The van der Waals surface area contributed by atoms with Crippen molar-refractivity contribution in [3.8, 4) is 5.75 Å². The minimum Gasteiger partial charge on any atom is -0.471 e. The van der Waals surface area contributed by atoms with Gasteiger partial charge in [0.2, 0.25) is 0 Å². The predicted octanol–water partition coefficient (Wildman–Crippen LogP) is 5.28. The van der Waals surface area contributed by atoms with E-state index in [1.54, 1.807) is 35.1 Å². The molecule has 32 heavy (non-hydrogen) atoms. The number of amides is 1. The lowest BCUT2D eigenvalue weighted by molar-refractivity contribution is 0.101. The molecule has 0 spiro atoms. The fraction of sp³-hybridized carbons (Fsp3) is 0.136. The number of aryl methyl sites for hydroxylation is 1. The molecule has 0 atom stereocenters. The Morgan fingerprint density at radius 3 is 2.72 bits per heavy atom. The molecule has 0 aliphatic carbocycles. The van der Waals surface area contributed by atoms with Crippen LogP contribution in [0.5, 0.6) is 5.75 Å². The maximum Gasteiger partial charge on any atom is 0.277 e. The number of halogens is 3. The normalized spacial score (nSPS) is 10.9. The lowest BCUT2D eigenvalue weighted by atomic mass is 10.2. The molecule has 4 rings (SSSR count). The van der Waals surface area contributed by atoms with Crippen LogP contribution in [-0.4, -0.2) is 25.5 Å². The lowest BCUT2D eigenvalue weighted by Crippen LogP contribution is -2.15. The Hall–Kier alpha value is -3.17. The largest absolute Gasteiger partial charge is 0.471 e.